The van der Waals surface area contributed by atoms with Crippen LogP contribution in [-0.2, 0) is 15.5 Å². The van der Waals surface area contributed by atoms with E-state index in [1.54, 1.807) is 0 Å². The molecule has 1 rings (SSSR count). The fourth-order valence-corrected chi connectivity index (χ4v) is 2.19. The van der Waals surface area contributed by atoms with Crippen molar-refractivity contribution < 1.29 is 4.79 Å². The molecule has 0 aliphatic carbocycles. The second-order valence-electron chi connectivity index (χ2n) is 4.91. The first-order valence-electron chi connectivity index (χ1n) is 5.44. The zero-order valence-corrected chi connectivity index (χ0v) is 12.7. The van der Waals surface area contributed by atoms with Crippen LogP contribution < -0.4 is 5.32 Å². The largest absolute Gasteiger partial charge is 0.324 e. The van der Waals surface area contributed by atoms with E-state index in [9.17, 15) is 4.79 Å². The summed E-state index contributed by atoms with van der Waals surface area (Å²) in [7, 11) is 0. The lowest BCUT2D eigenvalue weighted by Crippen LogP contribution is -2.20. The fraction of sp³-hybridized carbons (Fsp3) is 0.462. The third kappa shape index (κ3) is 3.71. The third-order valence-electron chi connectivity index (χ3n) is 2.49. The van der Waals surface area contributed by atoms with Crippen molar-refractivity contribution in [3.63, 3.8) is 0 Å². The van der Waals surface area contributed by atoms with Crippen LogP contribution in [0.5, 0.6) is 0 Å². The molecule has 94 valence electrons. The van der Waals surface area contributed by atoms with Crippen LogP contribution in [0.1, 0.15) is 31.9 Å². The quantitative estimate of drug-likeness (QED) is 0.837. The van der Waals surface area contributed by atoms with Crippen LogP contribution in [0, 0.1) is 0 Å². The van der Waals surface area contributed by atoms with Crippen LogP contribution >= 0.6 is 27.5 Å². The van der Waals surface area contributed by atoms with Gasteiger partial charge in [-0.15, -0.1) is 11.6 Å². The normalized spacial score (nSPS) is 11.4. The van der Waals surface area contributed by atoms with Gasteiger partial charge in [0.05, 0.1) is 0 Å². The number of benzene rings is 1. The lowest BCUT2D eigenvalue weighted by atomic mass is 9.84. The van der Waals surface area contributed by atoms with Crippen molar-refractivity contribution in [2.24, 2.45) is 0 Å². The van der Waals surface area contributed by atoms with Gasteiger partial charge in [0.2, 0.25) is 5.91 Å². The maximum atomic E-state index is 11.5. The molecule has 4 heteroatoms. The highest BCUT2D eigenvalue weighted by atomic mass is 79.9. The summed E-state index contributed by atoms with van der Waals surface area (Å²) in [5.41, 5.74) is 3.04. The van der Waals surface area contributed by atoms with Gasteiger partial charge >= 0.3 is 0 Å². The SMILES string of the molecule is CC(C)(C)c1cccc(CBr)c1NC(=O)CCl. The highest BCUT2D eigenvalue weighted by molar-refractivity contribution is 9.08. The molecule has 0 radical (unpaired) electrons. The van der Waals surface area contributed by atoms with Gasteiger partial charge in [0.1, 0.15) is 5.88 Å². The second-order valence-corrected chi connectivity index (χ2v) is 5.73. The zero-order valence-electron chi connectivity index (χ0n) is 10.3. The maximum Gasteiger partial charge on any atom is 0.239 e. The Bertz CT molecular complexity index is 412. The number of rotatable bonds is 3. The first-order chi connectivity index (χ1) is 7.90. The first kappa shape index (κ1) is 14.5. The summed E-state index contributed by atoms with van der Waals surface area (Å²) in [6, 6.07) is 6.04. The van der Waals surface area contributed by atoms with E-state index in [1.807, 2.05) is 18.2 Å². The van der Waals surface area contributed by atoms with Crippen molar-refractivity contribution in [2.75, 3.05) is 11.2 Å². The number of hydrogen-bond donors (Lipinski definition) is 1. The van der Waals surface area contributed by atoms with Crippen LogP contribution in [0.3, 0.4) is 0 Å². The number of alkyl halides is 2. The molecular weight excluding hydrogens is 302 g/mol. The molecule has 2 nitrogen and oxygen atoms in total. The number of anilines is 1. The smallest absolute Gasteiger partial charge is 0.239 e. The average Bonchev–Trinajstić information content (AvgIpc) is 2.27. The Morgan fingerprint density at radius 3 is 2.53 bits per heavy atom. The van der Waals surface area contributed by atoms with Gasteiger partial charge in [0.15, 0.2) is 0 Å². The molecule has 0 fully saturated rings. The van der Waals surface area contributed by atoms with Gasteiger partial charge in [-0.3, -0.25) is 4.79 Å². The van der Waals surface area contributed by atoms with Crippen molar-refractivity contribution in [3.05, 3.63) is 29.3 Å². The summed E-state index contributed by atoms with van der Waals surface area (Å²) in [5.74, 6) is -0.203. The predicted octanol–water partition coefficient (Wildman–Crippen LogP) is 4.06. The molecule has 1 aromatic rings. The maximum absolute atomic E-state index is 11.5. The van der Waals surface area contributed by atoms with Gasteiger partial charge in [0, 0.05) is 11.0 Å². The average molecular weight is 319 g/mol. The number of amides is 1. The van der Waals surface area contributed by atoms with Crippen LogP contribution in [0.2, 0.25) is 0 Å². The Kier molecular flexibility index (Phi) is 5.02. The standard InChI is InChI=1S/C13H17BrClNO/c1-13(2,3)10-6-4-5-9(7-14)12(10)16-11(17)8-15/h4-6H,7-8H2,1-3H3,(H,16,17). The summed E-state index contributed by atoms with van der Waals surface area (Å²) >= 11 is 8.98. The van der Waals surface area contributed by atoms with E-state index in [-0.39, 0.29) is 17.2 Å². The predicted molar refractivity (Wildman–Crippen MR) is 77.1 cm³/mol. The molecule has 0 atom stereocenters. The number of halogens is 2. The summed E-state index contributed by atoms with van der Waals surface area (Å²) < 4.78 is 0. The minimum atomic E-state index is -0.175. The van der Waals surface area contributed by atoms with E-state index in [1.165, 1.54) is 0 Å². The minimum absolute atomic E-state index is 0.0207. The molecule has 0 aliphatic rings. The lowest BCUT2D eigenvalue weighted by Gasteiger charge is -2.24. The number of carbonyl (C=O) groups is 1. The van der Waals surface area contributed by atoms with Crippen molar-refractivity contribution in [3.8, 4) is 0 Å². The van der Waals surface area contributed by atoms with Crippen molar-refractivity contribution >= 4 is 39.1 Å². The summed E-state index contributed by atoms with van der Waals surface area (Å²) in [6.45, 7) is 6.37. The Morgan fingerprint density at radius 2 is 2.06 bits per heavy atom. The Morgan fingerprint density at radius 1 is 1.41 bits per heavy atom. The van der Waals surface area contributed by atoms with Gasteiger partial charge in [0.25, 0.3) is 0 Å². The van der Waals surface area contributed by atoms with Gasteiger partial charge in [-0.2, -0.15) is 0 Å². The molecule has 0 spiro atoms. The number of para-hydroxylation sites is 1. The van der Waals surface area contributed by atoms with E-state index in [0.717, 1.165) is 16.8 Å². The summed E-state index contributed by atoms with van der Waals surface area (Å²) in [6.07, 6.45) is 0. The van der Waals surface area contributed by atoms with Crippen molar-refractivity contribution in [1.82, 2.24) is 0 Å². The van der Waals surface area contributed by atoms with Crippen LogP contribution in [0.15, 0.2) is 18.2 Å². The fourth-order valence-electron chi connectivity index (χ4n) is 1.66. The van der Waals surface area contributed by atoms with E-state index >= 15 is 0 Å². The Labute approximate surface area is 116 Å². The number of hydrogen-bond acceptors (Lipinski definition) is 1. The summed E-state index contributed by atoms with van der Waals surface area (Å²) in [5, 5.41) is 3.59. The van der Waals surface area contributed by atoms with Crippen molar-refractivity contribution in [2.45, 2.75) is 31.5 Å². The molecule has 0 bridgehead atoms. The van der Waals surface area contributed by atoms with E-state index in [2.05, 4.69) is 42.0 Å². The first-order valence-corrected chi connectivity index (χ1v) is 7.10. The van der Waals surface area contributed by atoms with Crippen LogP contribution in [-0.4, -0.2) is 11.8 Å². The molecule has 0 saturated heterocycles. The number of nitrogens with one attached hydrogen (secondary N) is 1. The summed E-state index contributed by atoms with van der Waals surface area (Å²) in [4.78, 5) is 11.5. The zero-order chi connectivity index (χ0) is 13.1. The van der Waals surface area contributed by atoms with Gasteiger partial charge in [-0.1, -0.05) is 54.9 Å². The van der Waals surface area contributed by atoms with Gasteiger partial charge in [-0.25, -0.2) is 0 Å². The Balaban J connectivity index is 3.26. The Hall–Kier alpha value is -0.540. The molecule has 1 N–H and O–H groups in total. The lowest BCUT2D eigenvalue weighted by molar-refractivity contribution is -0.113. The van der Waals surface area contributed by atoms with E-state index in [0.29, 0.717) is 5.33 Å². The van der Waals surface area contributed by atoms with E-state index < -0.39 is 0 Å². The molecule has 1 amide bonds. The minimum Gasteiger partial charge on any atom is -0.324 e. The van der Waals surface area contributed by atoms with Crippen molar-refractivity contribution in [1.29, 1.82) is 0 Å². The van der Waals surface area contributed by atoms with Gasteiger partial charge in [-0.05, 0) is 16.5 Å². The second kappa shape index (κ2) is 5.87. The van der Waals surface area contributed by atoms with E-state index in [4.69, 9.17) is 11.6 Å². The molecule has 0 aliphatic heterocycles. The molecular formula is C13H17BrClNO. The number of carbonyl (C=O) groups excluding carboxylic acids is 1. The molecule has 0 heterocycles. The van der Waals surface area contributed by atoms with Crippen LogP contribution in [0.4, 0.5) is 5.69 Å². The molecule has 0 aromatic heterocycles. The molecule has 0 unspecified atom stereocenters. The monoisotopic (exact) mass is 317 g/mol. The molecule has 0 saturated carbocycles. The molecule has 1 aromatic carbocycles. The highest BCUT2D eigenvalue weighted by Gasteiger charge is 2.20. The van der Waals surface area contributed by atoms with Gasteiger partial charge < -0.3 is 5.32 Å². The highest BCUT2D eigenvalue weighted by Crippen LogP contribution is 2.33. The third-order valence-corrected chi connectivity index (χ3v) is 3.34. The topological polar surface area (TPSA) is 29.1 Å². The van der Waals surface area contributed by atoms with Crippen LogP contribution in [0.25, 0.3) is 0 Å². The molecule has 17 heavy (non-hydrogen) atoms.